The second kappa shape index (κ2) is 7.98. The fourth-order valence-corrected chi connectivity index (χ4v) is 4.78. The number of aromatic nitrogens is 2. The molecule has 2 aliphatic heterocycles. The Kier molecular flexibility index (Phi) is 5.45. The van der Waals surface area contributed by atoms with Crippen molar-refractivity contribution in [3.63, 3.8) is 0 Å². The van der Waals surface area contributed by atoms with Crippen LogP contribution in [-0.4, -0.2) is 63.6 Å². The first-order valence-corrected chi connectivity index (χ1v) is 10.2. The lowest BCUT2D eigenvalue weighted by Gasteiger charge is -2.34. The van der Waals surface area contributed by atoms with Gasteiger partial charge in [-0.25, -0.2) is 4.98 Å². The first kappa shape index (κ1) is 18.4. The average molecular weight is 370 g/mol. The van der Waals surface area contributed by atoms with Gasteiger partial charge in [-0.3, -0.25) is 9.69 Å². The van der Waals surface area contributed by atoms with Crippen molar-refractivity contribution in [2.45, 2.75) is 45.1 Å². The van der Waals surface area contributed by atoms with Crippen LogP contribution in [0, 0.1) is 5.92 Å². The number of pyridine rings is 1. The summed E-state index contributed by atoms with van der Waals surface area (Å²) in [6, 6.07) is 4.15. The summed E-state index contributed by atoms with van der Waals surface area (Å²) in [6.07, 6.45) is 6.23. The largest absolute Gasteiger partial charge is 0.396 e. The number of aliphatic hydroxyl groups excluding tert-OH is 1. The van der Waals surface area contributed by atoms with Gasteiger partial charge in [0.15, 0.2) is 0 Å². The molecule has 4 rings (SSSR count). The van der Waals surface area contributed by atoms with Crippen molar-refractivity contribution in [2.24, 2.45) is 5.92 Å². The molecule has 0 bridgehead atoms. The molecule has 27 heavy (non-hydrogen) atoms. The van der Waals surface area contributed by atoms with E-state index in [-0.39, 0.29) is 12.5 Å². The molecule has 0 spiro atoms. The van der Waals surface area contributed by atoms with Crippen LogP contribution in [0.15, 0.2) is 18.3 Å². The third-order valence-electron chi connectivity index (χ3n) is 6.23. The number of amides is 1. The van der Waals surface area contributed by atoms with Gasteiger partial charge < -0.3 is 15.0 Å². The normalized spacial score (nSPS) is 24.4. The van der Waals surface area contributed by atoms with Gasteiger partial charge in [0.1, 0.15) is 5.65 Å². The number of likely N-dealkylation sites (tertiary alicyclic amines) is 2. The quantitative estimate of drug-likeness (QED) is 0.867. The Bertz CT molecular complexity index is 803. The molecular formula is C21H30N4O2. The molecule has 2 fully saturated rings. The van der Waals surface area contributed by atoms with E-state index in [0.29, 0.717) is 11.8 Å². The molecule has 6 nitrogen and oxygen atoms in total. The van der Waals surface area contributed by atoms with Crippen LogP contribution in [0.4, 0.5) is 0 Å². The zero-order chi connectivity index (χ0) is 18.8. The lowest BCUT2D eigenvalue weighted by molar-refractivity contribution is -0.130. The second-order valence-electron chi connectivity index (χ2n) is 8.15. The number of hydrogen-bond donors (Lipinski definition) is 2. The Morgan fingerprint density at radius 3 is 2.96 bits per heavy atom. The monoisotopic (exact) mass is 370 g/mol. The van der Waals surface area contributed by atoms with Crippen LogP contribution >= 0.6 is 0 Å². The first-order chi connectivity index (χ1) is 13.2. The van der Waals surface area contributed by atoms with Crippen molar-refractivity contribution in [1.29, 1.82) is 0 Å². The summed E-state index contributed by atoms with van der Waals surface area (Å²) in [5, 5.41) is 10.8. The molecule has 0 saturated carbocycles. The fourth-order valence-electron chi connectivity index (χ4n) is 4.78. The van der Waals surface area contributed by atoms with E-state index in [1.165, 1.54) is 16.6 Å². The van der Waals surface area contributed by atoms with Gasteiger partial charge in [0.05, 0.1) is 0 Å². The number of nitrogens with one attached hydrogen (secondary N) is 1. The molecule has 2 N–H and O–H groups in total. The van der Waals surface area contributed by atoms with Crippen LogP contribution in [-0.2, 0) is 11.3 Å². The first-order valence-electron chi connectivity index (χ1n) is 10.2. The van der Waals surface area contributed by atoms with Crippen molar-refractivity contribution in [2.75, 3.05) is 32.8 Å². The van der Waals surface area contributed by atoms with Crippen molar-refractivity contribution < 1.29 is 9.90 Å². The van der Waals surface area contributed by atoms with Gasteiger partial charge in [0, 0.05) is 62.9 Å². The number of H-pyrrole nitrogens is 1. The van der Waals surface area contributed by atoms with Gasteiger partial charge in [-0.15, -0.1) is 0 Å². The Morgan fingerprint density at radius 2 is 2.15 bits per heavy atom. The summed E-state index contributed by atoms with van der Waals surface area (Å²) in [7, 11) is 0. The van der Waals surface area contributed by atoms with Gasteiger partial charge in [-0.1, -0.05) is 0 Å². The summed E-state index contributed by atoms with van der Waals surface area (Å²) in [4.78, 5) is 24.5. The van der Waals surface area contributed by atoms with E-state index in [9.17, 15) is 9.90 Å². The average Bonchev–Trinajstić information content (AvgIpc) is 3.07. The van der Waals surface area contributed by atoms with Crippen molar-refractivity contribution in [1.82, 2.24) is 19.8 Å². The maximum atomic E-state index is 11.9. The Hall–Kier alpha value is -1.92. The van der Waals surface area contributed by atoms with Gasteiger partial charge in [0.2, 0.25) is 5.91 Å². The van der Waals surface area contributed by atoms with E-state index >= 15 is 0 Å². The van der Waals surface area contributed by atoms with Crippen LogP contribution in [0.1, 0.15) is 49.8 Å². The molecule has 2 saturated heterocycles. The minimum Gasteiger partial charge on any atom is -0.396 e. The maximum absolute atomic E-state index is 11.9. The zero-order valence-electron chi connectivity index (χ0n) is 16.2. The molecule has 0 radical (unpaired) electrons. The molecule has 0 aromatic carbocycles. The molecule has 2 aliphatic rings. The van der Waals surface area contributed by atoms with E-state index in [1.54, 1.807) is 6.92 Å². The lowest BCUT2D eigenvalue weighted by atomic mass is 9.91. The summed E-state index contributed by atoms with van der Waals surface area (Å²) < 4.78 is 0. The highest BCUT2D eigenvalue weighted by molar-refractivity contribution is 5.81. The molecule has 4 heterocycles. The molecule has 0 aliphatic carbocycles. The number of aliphatic hydroxyl groups is 1. The van der Waals surface area contributed by atoms with Gasteiger partial charge >= 0.3 is 0 Å². The van der Waals surface area contributed by atoms with Gasteiger partial charge in [-0.2, -0.15) is 0 Å². The molecule has 2 aromatic heterocycles. The third kappa shape index (κ3) is 3.87. The molecule has 6 heteroatoms. The molecule has 2 atom stereocenters. The van der Waals surface area contributed by atoms with Gasteiger partial charge in [0.25, 0.3) is 0 Å². The minimum absolute atomic E-state index is 0.164. The van der Waals surface area contributed by atoms with Crippen molar-refractivity contribution in [3.05, 3.63) is 29.6 Å². The number of piperidine rings is 2. The lowest BCUT2D eigenvalue weighted by Crippen LogP contribution is -2.39. The second-order valence-corrected chi connectivity index (χ2v) is 8.15. The highest BCUT2D eigenvalue weighted by Gasteiger charge is 2.28. The smallest absolute Gasteiger partial charge is 0.219 e. The predicted molar refractivity (Wildman–Crippen MR) is 105 cm³/mol. The predicted octanol–water partition coefficient (Wildman–Crippen LogP) is 2.49. The minimum atomic E-state index is 0.164. The summed E-state index contributed by atoms with van der Waals surface area (Å²) >= 11 is 0. The maximum Gasteiger partial charge on any atom is 0.219 e. The summed E-state index contributed by atoms with van der Waals surface area (Å²) in [6.45, 7) is 6.50. The van der Waals surface area contributed by atoms with E-state index in [0.717, 1.165) is 64.1 Å². The molecule has 1 amide bonds. The van der Waals surface area contributed by atoms with E-state index in [2.05, 4.69) is 20.9 Å². The SMILES string of the molecule is CC(=O)N1CCCC(c2[nH]c3ncccc3c2CN2CCCC(CO)C2)C1. The molecule has 146 valence electrons. The topological polar surface area (TPSA) is 72.5 Å². The number of aromatic amines is 1. The number of rotatable bonds is 4. The van der Waals surface area contributed by atoms with E-state index in [1.807, 2.05) is 17.2 Å². The number of carbonyl (C=O) groups is 1. The standard InChI is InChI=1S/C21H30N4O2/c1-15(27)25-10-4-6-17(12-25)20-19(18-7-2-8-22-21(18)23-20)13-24-9-3-5-16(11-24)14-26/h2,7-8,16-17,26H,3-6,9-14H2,1H3,(H,22,23). The Labute approximate surface area is 160 Å². The van der Waals surface area contributed by atoms with E-state index in [4.69, 9.17) is 0 Å². The highest BCUT2D eigenvalue weighted by Crippen LogP contribution is 2.34. The number of fused-ring (bicyclic) bond motifs is 1. The number of nitrogens with zero attached hydrogens (tertiary/aromatic N) is 3. The van der Waals surface area contributed by atoms with Crippen LogP contribution in [0.3, 0.4) is 0 Å². The summed E-state index contributed by atoms with van der Waals surface area (Å²) in [5.41, 5.74) is 3.52. The third-order valence-corrected chi connectivity index (χ3v) is 6.23. The number of hydrogen-bond acceptors (Lipinski definition) is 4. The van der Waals surface area contributed by atoms with Crippen molar-refractivity contribution >= 4 is 16.9 Å². The molecular weight excluding hydrogens is 340 g/mol. The van der Waals surface area contributed by atoms with E-state index < -0.39 is 0 Å². The van der Waals surface area contributed by atoms with Crippen LogP contribution < -0.4 is 0 Å². The zero-order valence-corrected chi connectivity index (χ0v) is 16.2. The molecule has 2 aromatic rings. The van der Waals surface area contributed by atoms with Crippen molar-refractivity contribution in [3.8, 4) is 0 Å². The fraction of sp³-hybridized carbons (Fsp3) is 0.619. The number of carbonyl (C=O) groups excluding carboxylic acids is 1. The van der Waals surface area contributed by atoms with Crippen LogP contribution in [0.5, 0.6) is 0 Å². The summed E-state index contributed by atoms with van der Waals surface area (Å²) in [5.74, 6) is 0.885. The Balaban J connectivity index is 1.64. The molecule has 2 unspecified atom stereocenters. The Morgan fingerprint density at radius 1 is 1.30 bits per heavy atom. The highest BCUT2D eigenvalue weighted by atomic mass is 16.3. The van der Waals surface area contributed by atoms with Crippen LogP contribution in [0.2, 0.25) is 0 Å². The van der Waals surface area contributed by atoms with Gasteiger partial charge in [-0.05, 0) is 55.8 Å². The van der Waals surface area contributed by atoms with Crippen LogP contribution in [0.25, 0.3) is 11.0 Å².